The maximum atomic E-state index is 9.07. The molecule has 1 rings (SSSR count). The van der Waals surface area contributed by atoms with Crippen LogP contribution in [0.4, 0.5) is 0 Å². The van der Waals surface area contributed by atoms with Crippen LogP contribution in [0.2, 0.25) is 0 Å². The maximum absolute atomic E-state index is 9.07. The van der Waals surface area contributed by atoms with Crippen LogP contribution in [0.5, 0.6) is 0 Å². The molecule has 1 heterocycles. The second-order valence-electron chi connectivity index (χ2n) is 2.34. The maximum Gasteiger partial charge on any atom is 0.158 e. The van der Waals surface area contributed by atoms with E-state index in [2.05, 4.69) is 4.74 Å². The van der Waals surface area contributed by atoms with Crippen LogP contribution >= 0.6 is 0 Å². The first-order chi connectivity index (χ1) is 5.16. The van der Waals surface area contributed by atoms with Gasteiger partial charge in [-0.1, -0.05) is 0 Å². The molecule has 1 aliphatic rings. The number of ether oxygens (including phenoxy) is 1. The van der Waals surface area contributed by atoms with Crippen molar-refractivity contribution in [2.24, 2.45) is 0 Å². The summed E-state index contributed by atoms with van der Waals surface area (Å²) in [5.74, 6) is -0.429. The highest BCUT2D eigenvalue weighted by Gasteiger charge is 2.33. The van der Waals surface area contributed by atoms with Crippen LogP contribution in [-0.4, -0.2) is 45.3 Å². The topological polar surface area (TPSA) is 90.2 Å². The van der Waals surface area contributed by atoms with Gasteiger partial charge in [-0.15, -0.1) is 0 Å². The normalized spacial score (nSPS) is 37.7. The number of aliphatic hydroxyl groups excluding tert-OH is 4. The molecule has 5 heteroatoms. The fourth-order valence-electron chi connectivity index (χ4n) is 0.837. The van der Waals surface area contributed by atoms with E-state index in [-0.39, 0.29) is 0 Å². The van der Waals surface area contributed by atoms with E-state index in [9.17, 15) is 0 Å². The Balaban J connectivity index is 2.68. The molecule has 0 aromatic carbocycles. The van der Waals surface area contributed by atoms with E-state index in [0.29, 0.717) is 0 Å². The smallest absolute Gasteiger partial charge is 0.158 e. The number of hydrogen-bond donors (Lipinski definition) is 4. The third-order valence-corrected chi connectivity index (χ3v) is 1.55. The molecule has 0 radical (unpaired) electrons. The largest absolute Gasteiger partial charge is 0.506 e. The second-order valence-corrected chi connectivity index (χ2v) is 2.34. The molecule has 0 bridgehead atoms. The third-order valence-electron chi connectivity index (χ3n) is 1.55. The summed E-state index contributed by atoms with van der Waals surface area (Å²) >= 11 is 0. The van der Waals surface area contributed by atoms with Gasteiger partial charge in [-0.25, -0.2) is 0 Å². The van der Waals surface area contributed by atoms with Crippen molar-refractivity contribution in [3.63, 3.8) is 0 Å². The van der Waals surface area contributed by atoms with Gasteiger partial charge in [-0.05, 0) is 0 Å². The summed E-state index contributed by atoms with van der Waals surface area (Å²) in [5.41, 5.74) is 0. The fourth-order valence-corrected chi connectivity index (χ4v) is 0.837. The van der Waals surface area contributed by atoms with E-state index in [1.165, 1.54) is 0 Å². The summed E-state index contributed by atoms with van der Waals surface area (Å²) in [7, 11) is 0. The lowest BCUT2D eigenvalue weighted by molar-refractivity contribution is -0.101. The van der Waals surface area contributed by atoms with Gasteiger partial charge in [0, 0.05) is 0 Å². The second kappa shape index (κ2) is 3.08. The zero-order valence-electron chi connectivity index (χ0n) is 5.71. The molecule has 0 fully saturated rings. The monoisotopic (exact) mass is 162 g/mol. The summed E-state index contributed by atoms with van der Waals surface area (Å²) < 4.78 is 4.65. The minimum absolute atomic E-state index is 0.401. The first kappa shape index (κ1) is 8.32. The summed E-state index contributed by atoms with van der Waals surface area (Å²) in [6, 6.07) is 0. The van der Waals surface area contributed by atoms with Crippen molar-refractivity contribution in [2.45, 2.75) is 18.3 Å². The predicted molar refractivity (Wildman–Crippen MR) is 34.7 cm³/mol. The minimum Gasteiger partial charge on any atom is -0.506 e. The summed E-state index contributed by atoms with van der Waals surface area (Å²) in [5, 5.41) is 35.4. The molecule has 0 saturated carbocycles. The number of aliphatic hydroxyl groups is 4. The van der Waals surface area contributed by atoms with Crippen LogP contribution in [0.3, 0.4) is 0 Å². The lowest BCUT2D eigenvalue weighted by Crippen LogP contribution is -2.44. The Morgan fingerprint density at radius 3 is 2.64 bits per heavy atom. The average Bonchev–Trinajstić information content (AvgIpc) is 2.01. The minimum atomic E-state index is -1.36. The first-order valence-electron chi connectivity index (χ1n) is 3.18. The van der Waals surface area contributed by atoms with E-state index in [1.54, 1.807) is 0 Å². The molecule has 3 atom stereocenters. The molecule has 1 aliphatic heterocycles. The van der Waals surface area contributed by atoms with Gasteiger partial charge in [-0.3, -0.25) is 0 Å². The van der Waals surface area contributed by atoms with Crippen molar-refractivity contribution in [3.8, 4) is 0 Å². The molecule has 4 N–H and O–H groups in total. The molecule has 11 heavy (non-hydrogen) atoms. The average molecular weight is 162 g/mol. The first-order valence-corrected chi connectivity index (χ1v) is 3.18. The van der Waals surface area contributed by atoms with E-state index in [1.807, 2.05) is 0 Å². The molecular formula is C6H10O5. The molecule has 0 aromatic heterocycles. The van der Waals surface area contributed by atoms with Gasteiger partial charge in [0.1, 0.15) is 24.6 Å². The Bertz CT molecular complexity index is 166. The Morgan fingerprint density at radius 2 is 2.09 bits per heavy atom. The Hall–Kier alpha value is -0.780. The van der Waals surface area contributed by atoms with Gasteiger partial charge in [0.25, 0.3) is 0 Å². The van der Waals surface area contributed by atoms with Gasteiger partial charge < -0.3 is 25.2 Å². The van der Waals surface area contributed by atoms with Crippen LogP contribution in [-0.2, 0) is 4.74 Å². The van der Waals surface area contributed by atoms with Crippen molar-refractivity contribution in [3.05, 3.63) is 12.0 Å². The van der Waals surface area contributed by atoms with Crippen LogP contribution < -0.4 is 0 Å². The van der Waals surface area contributed by atoms with Crippen molar-refractivity contribution in [2.75, 3.05) is 6.61 Å². The van der Waals surface area contributed by atoms with Gasteiger partial charge >= 0.3 is 0 Å². The van der Waals surface area contributed by atoms with Crippen LogP contribution in [0.25, 0.3) is 0 Å². The Labute approximate surface area is 63.2 Å². The van der Waals surface area contributed by atoms with E-state index < -0.39 is 30.7 Å². The lowest BCUT2D eigenvalue weighted by Gasteiger charge is -2.28. The molecule has 5 nitrogen and oxygen atoms in total. The standard InChI is InChI=1S/C6H10O5/c7-1-4-6(10)5(9)3(8)2-11-4/h2,4-10H,1H2/t4?,5-,6+/m0/s1. The van der Waals surface area contributed by atoms with Crippen molar-refractivity contribution >= 4 is 0 Å². The Morgan fingerprint density at radius 1 is 1.45 bits per heavy atom. The highest BCUT2D eigenvalue weighted by atomic mass is 16.5. The molecule has 0 aromatic rings. The quantitative estimate of drug-likeness (QED) is 0.376. The van der Waals surface area contributed by atoms with Gasteiger partial charge in [0.15, 0.2) is 5.76 Å². The zero-order chi connectivity index (χ0) is 8.43. The molecule has 64 valence electrons. The summed E-state index contributed by atoms with van der Waals surface area (Å²) in [4.78, 5) is 0. The number of hydrogen-bond acceptors (Lipinski definition) is 5. The van der Waals surface area contributed by atoms with E-state index >= 15 is 0 Å². The highest BCUT2D eigenvalue weighted by molar-refractivity contribution is 5.03. The van der Waals surface area contributed by atoms with Gasteiger partial charge in [-0.2, -0.15) is 0 Å². The fraction of sp³-hybridized carbons (Fsp3) is 0.667. The third kappa shape index (κ3) is 1.45. The van der Waals surface area contributed by atoms with Crippen LogP contribution in [0, 0.1) is 0 Å². The van der Waals surface area contributed by atoms with E-state index in [4.69, 9.17) is 20.4 Å². The lowest BCUT2D eigenvalue weighted by atomic mass is 10.1. The number of rotatable bonds is 1. The molecule has 0 aliphatic carbocycles. The predicted octanol–water partition coefficient (Wildman–Crippen LogP) is -1.50. The summed E-state index contributed by atoms with van der Waals surface area (Å²) in [6.07, 6.45) is -2.58. The SMILES string of the molecule is OCC1OC=C(O)[C@H](O)[C@@H]1O. The van der Waals surface area contributed by atoms with E-state index in [0.717, 1.165) is 6.26 Å². The van der Waals surface area contributed by atoms with Crippen molar-refractivity contribution in [1.29, 1.82) is 0 Å². The zero-order valence-corrected chi connectivity index (χ0v) is 5.71. The van der Waals surface area contributed by atoms with Crippen LogP contribution in [0.1, 0.15) is 0 Å². The Kier molecular flexibility index (Phi) is 2.33. The van der Waals surface area contributed by atoms with Gasteiger partial charge in [0.05, 0.1) is 6.61 Å². The molecule has 1 unspecified atom stereocenters. The van der Waals surface area contributed by atoms with Gasteiger partial charge in [0.2, 0.25) is 0 Å². The molecule has 0 amide bonds. The molecular weight excluding hydrogens is 152 g/mol. The van der Waals surface area contributed by atoms with Crippen molar-refractivity contribution < 1.29 is 25.2 Å². The molecule has 0 saturated heterocycles. The highest BCUT2D eigenvalue weighted by Crippen LogP contribution is 2.16. The summed E-state index contributed by atoms with van der Waals surface area (Å²) in [6.45, 7) is -0.401. The molecule has 0 spiro atoms. The van der Waals surface area contributed by atoms with Crippen LogP contribution in [0.15, 0.2) is 12.0 Å². The van der Waals surface area contributed by atoms with Crippen molar-refractivity contribution in [1.82, 2.24) is 0 Å².